The molecule has 5 heteroatoms. The maximum atomic E-state index is 12.0. The minimum absolute atomic E-state index is 0.256. The Morgan fingerprint density at radius 2 is 2.05 bits per heavy atom. The average molecular weight is 283 g/mol. The fourth-order valence-corrected chi connectivity index (χ4v) is 2.66. The van der Waals surface area contributed by atoms with Gasteiger partial charge in [-0.1, -0.05) is 36.6 Å². The Kier molecular flexibility index (Phi) is 4.32. The number of para-hydroxylation sites is 1. The summed E-state index contributed by atoms with van der Waals surface area (Å²) in [5, 5.41) is 13.5. The normalized spacial score (nSPS) is 17.2. The highest BCUT2D eigenvalue weighted by molar-refractivity contribution is 6.33. The van der Waals surface area contributed by atoms with Gasteiger partial charge < -0.3 is 15.3 Å². The number of aliphatic hydroxyl groups is 1. The molecule has 19 heavy (non-hydrogen) atoms. The van der Waals surface area contributed by atoms with Gasteiger partial charge in [-0.3, -0.25) is 0 Å². The molecule has 1 aromatic carbocycles. The van der Waals surface area contributed by atoms with Crippen LogP contribution in [-0.4, -0.2) is 35.2 Å². The molecule has 0 heterocycles. The van der Waals surface area contributed by atoms with E-state index in [1.165, 1.54) is 4.90 Å². The zero-order valence-corrected chi connectivity index (χ0v) is 11.8. The van der Waals surface area contributed by atoms with Crippen molar-refractivity contribution in [2.75, 3.05) is 18.9 Å². The number of urea groups is 1. The number of carbonyl (C=O) groups is 1. The van der Waals surface area contributed by atoms with Crippen molar-refractivity contribution in [3.8, 4) is 0 Å². The molecule has 0 saturated heterocycles. The Balaban J connectivity index is 1.94. The van der Waals surface area contributed by atoms with Gasteiger partial charge in [0.2, 0.25) is 0 Å². The number of nitrogens with one attached hydrogen (secondary N) is 1. The number of carbonyl (C=O) groups excluding carboxylic acids is 1. The largest absolute Gasteiger partial charge is 0.388 e. The summed E-state index contributed by atoms with van der Waals surface area (Å²) in [5.41, 5.74) is -0.147. The minimum atomic E-state index is -0.730. The van der Waals surface area contributed by atoms with Crippen LogP contribution in [0.3, 0.4) is 0 Å². The van der Waals surface area contributed by atoms with Gasteiger partial charge in [0.1, 0.15) is 0 Å². The van der Waals surface area contributed by atoms with Gasteiger partial charge in [-0.25, -0.2) is 4.79 Å². The second kappa shape index (κ2) is 5.80. The highest BCUT2D eigenvalue weighted by Gasteiger charge is 2.33. The number of amides is 2. The molecule has 4 nitrogen and oxygen atoms in total. The fourth-order valence-electron chi connectivity index (χ4n) is 2.48. The van der Waals surface area contributed by atoms with Gasteiger partial charge in [-0.2, -0.15) is 0 Å². The standard InChI is InChI=1S/C14H19ClN2O2/c1-17(10-14(19)8-4-5-9-14)13(18)16-12-7-3-2-6-11(12)15/h2-3,6-7,19H,4-5,8-10H2,1H3,(H,16,18). The molecule has 0 unspecified atom stereocenters. The van der Waals surface area contributed by atoms with E-state index in [0.717, 1.165) is 25.7 Å². The van der Waals surface area contributed by atoms with E-state index in [0.29, 0.717) is 17.3 Å². The van der Waals surface area contributed by atoms with Crippen molar-refractivity contribution >= 4 is 23.3 Å². The summed E-state index contributed by atoms with van der Waals surface area (Å²) in [7, 11) is 1.68. The van der Waals surface area contributed by atoms with Crippen LogP contribution in [0.25, 0.3) is 0 Å². The predicted octanol–water partition coefficient (Wildman–Crippen LogP) is 3.11. The summed E-state index contributed by atoms with van der Waals surface area (Å²) in [6.07, 6.45) is 3.57. The minimum Gasteiger partial charge on any atom is -0.388 e. The van der Waals surface area contributed by atoms with Crippen molar-refractivity contribution < 1.29 is 9.90 Å². The predicted molar refractivity (Wildman–Crippen MR) is 76.5 cm³/mol. The summed E-state index contributed by atoms with van der Waals surface area (Å²) in [6.45, 7) is 0.350. The lowest BCUT2D eigenvalue weighted by Crippen LogP contribution is -2.43. The third-order valence-corrected chi connectivity index (χ3v) is 3.86. The smallest absolute Gasteiger partial charge is 0.321 e. The molecule has 104 valence electrons. The molecule has 2 amide bonds. The Morgan fingerprint density at radius 1 is 1.42 bits per heavy atom. The topological polar surface area (TPSA) is 52.6 Å². The maximum absolute atomic E-state index is 12.0. The number of likely N-dealkylation sites (N-methyl/N-ethyl adjacent to an activating group) is 1. The number of hydrogen-bond donors (Lipinski definition) is 2. The zero-order valence-electron chi connectivity index (χ0n) is 11.0. The molecule has 0 bridgehead atoms. The molecule has 2 rings (SSSR count). The molecule has 1 aliphatic rings. The van der Waals surface area contributed by atoms with Crippen LogP contribution < -0.4 is 5.32 Å². The molecular formula is C14H19ClN2O2. The molecule has 1 aliphatic carbocycles. The number of halogens is 1. The van der Waals surface area contributed by atoms with Crippen molar-refractivity contribution in [3.63, 3.8) is 0 Å². The van der Waals surface area contributed by atoms with Crippen molar-refractivity contribution in [2.24, 2.45) is 0 Å². The van der Waals surface area contributed by atoms with Crippen LogP contribution in [0.4, 0.5) is 10.5 Å². The number of hydrogen-bond acceptors (Lipinski definition) is 2. The number of benzene rings is 1. The average Bonchev–Trinajstić information content (AvgIpc) is 2.78. The first kappa shape index (κ1) is 14.2. The summed E-state index contributed by atoms with van der Waals surface area (Å²) < 4.78 is 0. The summed E-state index contributed by atoms with van der Waals surface area (Å²) >= 11 is 5.99. The SMILES string of the molecule is CN(CC1(O)CCCC1)C(=O)Nc1ccccc1Cl. The third-order valence-electron chi connectivity index (χ3n) is 3.53. The van der Waals surface area contributed by atoms with Crippen molar-refractivity contribution in [2.45, 2.75) is 31.3 Å². The van der Waals surface area contributed by atoms with E-state index in [9.17, 15) is 9.90 Å². The van der Waals surface area contributed by atoms with E-state index in [4.69, 9.17) is 11.6 Å². The number of anilines is 1. The molecule has 0 atom stereocenters. The van der Waals surface area contributed by atoms with Gasteiger partial charge in [0.05, 0.1) is 22.9 Å². The highest BCUT2D eigenvalue weighted by atomic mass is 35.5. The molecular weight excluding hydrogens is 264 g/mol. The first-order chi connectivity index (χ1) is 9.00. The van der Waals surface area contributed by atoms with Gasteiger partial charge in [-0.05, 0) is 25.0 Å². The lowest BCUT2D eigenvalue weighted by Gasteiger charge is -2.28. The van der Waals surface area contributed by atoms with Crippen LogP contribution in [0.2, 0.25) is 5.02 Å². The van der Waals surface area contributed by atoms with Crippen molar-refractivity contribution in [3.05, 3.63) is 29.3 Å². The van der Waals surface area contributed by atoms with Gasteiger partial charge in [0.15, 0.2) is 0 Å². The Hall–Kier alpha value is -1.26. The number of nitrogens with zero attached hydrogens (tertiary/aromatic N) is 1. The van der Waals surface area contributed by atoms with Crippen molar-refractivity contribution in [1.82, 2.24) is 4.90 Å². The second-order valence-corrected chi connectivity index (χ2v) is 5.60. The molecule has 0 aliphatic heterocycles. The van der Waals surface area contributed by atoms with Crippen LogP contribution in [0.15, 0.2) is 24.3 Å². The monoisotopic (exact) mass is 282 g/mol. The molecule has 1 saturated carbocycles. The first-order valence-corrected chi connectivity index (χ1v) is 6.87. The Labute approximate surface area is 118 Å². The molecule has 0 spiro atoms. The van der Waals surface area contributed by atoms with E-state index in [-0.39, 0.29) is 6.03 Å². The Morgan fingerprint density at radius 3 is 2.68 bits per heavy atom. The van der Waals surface area contributed by atoms with Gasteiger partial charge in [0.25, 0.3) is 0 Å². The molecule has 1 fully saturated rings. The quantitative estimate of drug-likeness (QED) is 0.895. The summed E-state index contributed by atoms with van der Waals surface area (Å²) in [5.74, 6) is 0. The molecule has 0 aromatic heterocycles. The molecule has 1 aromatic rings. The van der Waals surface area contributed by atoms with E-state index < -0.39 is 5.60 Å². The van der Waals surface area contributed by atoms with E-state index >= 15 is 0 Å². The van der Waals surface area contributed by atoms with Crippen LogP contribution in [0.1, 0.15) is 25.7 Å². The maximum Gasteiger partial charge on any atom is 0.321 e. The number of rotatable bonds is 3. The van der Waals surface area contributed by atoms with Gasteiger partial charge in [0, 0.05) is 7.05 Å². The van der Waals surface area contributed by atoms with Crippen LogP contribution in [-0.2, 0) is 0 Å². The zero-order chi connectivity index (χ0) is 13.9. The second-order valence-electron chi connectivity index (χ2n) is 5.20. The Bertz CT molecular complexity index is 459. The van der Waals surface area contributed by atoms with E-state index in [2.05, 4.69) is 5.32 Å². The summed E-state index contributed by atoms with van der Waals surface area (Å²) in [6, 6.07) is 6.84. The van der Waals surface area contributed by atoms with Crippen molar-refractivity contribution in [1.29, 1.82) is 0 Å². The molecule has 0 radical (unpaired) electrons. The molecule has 2 N–H and O–H groups in total. The van der Waals surface area contributed by atoms with Crippen LogP contribution in [0.5, 0.6) is 0 Å². The lowest BCUT2D eigenvalue weighted by atomic mass is 10.0. The van der Waals surface area contributed by atoms with Gasteiger partial charge in [-0.15, -0.1) is 0 Å². The van der Waals surface area contributed by atoms with Crippen LogP contribution >= 0.6 is 11.6 Å². The third kappa shape index (κ3) is 3.61. The fraction of sp³-hybridized carbons (Fsp3) is 0.500. The van der Waals surface area contributed by atoms with E-state index in [1.807, 2.05) is 12.1 Å². The highest BCUT2D eigenvalue weighted by Crippen LogP contribution is 2.30. The lowest BCUT2D eigenvalue weighted by molar-refractivity contribution is 0.0262. The summed E-state index contributed by atoms with van der Waals surface area (Å²) in [4.78, 5) is 13.5. The first-order valence-electron chi connectivity index (χ1n) is 6.49. The van der Waals surface area contributed by atoms with E-state index in [1.54, 1.807) is 19.2 Å². The van der Waals surface area contributed by atoms with Crippen LogP contribution in [0, 0.1) is 0 Å². The van der Waals surface area contributed by atoms with Gasteiger partial charge >= 0.3 is 6.03 Å².